The third-order valence-electron chi connectivity index (χ3n) is 2.29. The maximum Gasteiger partial charge on any atom is 0.135 e. The van der Waals surface area contributed by atoms with Gasteiger partial charge in [-0.05, 0) is 23.4 Å². The van der Waals surface area contributed by atoms with Crippen LogP contribution in [-0.4, -0.2) is 7.11 Å². The van der Waals surface area contributed by atoms with E-state index in [2.05, 4.69) is 0 Å². The molecule has 0 spiro atoms. The van der Waals surface area contributed by atoms with Crippen molar-refractivity contribution in [1.29, 1.82) is 0 Å². The predicted molar refractivity (Wildman–Crippen MR) is 57.7 cm³/mol. The Morgan fingerprint density at radius 2 is 2.21 bits per heavy atom. The van der Waals surface area contributed by atoms with E-state index >= 15 is 0 Å². The lowest BCUT2D eigenvalue weighted by Crippen LogP contribution is -1.86. The molecule has 0 aliphatic heterocycles. The molecule has 1 nitrogen and oxygen atoms in total. The molecule has 2 aromatic rings. The standard InChI is InChI=1S/C11H11FOS/c1-3-7-6-14-10-5-8(13-2)4-9(12)11(7)10/h4-6H,3H2,1-2H3. The summed E-state index contributed by atoms with van der Waals surface area (Å²) in [7, 11) is 1.55. The predicted octanol–water partition coefficient (Wildman–Crippen LogP) is 3.61. The third-order valence-corrected chi connectivity index (χ3v) is 3.27. The van der Waals surface area contributed by atoms with E-state index in [1.807, 2.05) is 18.4 Å². The molecule has 0 saturated heterocycles. The molecule has 74 valence electrons. The fourth-order valence-corrected chi connectivity index (χ4v) is 2.62. The summed E-state index contributed by atoms with van der Waals surface area (Å²) >= 11 is 1.56. The van der Waals surface area contributed by atoms with Crippen LogP contribution in [0.4, 0.5) is 4.39 Å². The zero-order valence-corrected chi connectivity index (χ0v) is 8.95. The molecular formula is C11H11FOS. The van der Waals surface area contributed by atoms with Gasteiger partial charge >= 0.3 is 0 Å². The lowest BCUT2D eigenvalue weighted by molar-refractivity contribution is 0.412. The number of benzene rings is 1. The zero-order valence-electron chi connectivity index (χ0n) is 8.13. The number of fused-ring (bicyclic) bond motifs is 1. The molecule has 0 amide bonds. The number of methoxy groups -OCH3 is 1. The van der Waals surface area contributed by atoms with Crippen molar-refractivity contribution in [2.45, 2.75) is 13.3 Å². The van der Waals surface area contributed by atoms with Crippen LogP contribution in [0.2, 0.25) is 0 Å². The van der Waals surface area contributed by atoms with E-state index in [1.54, 1.807) is 18.4 Å². The second-order valence-corrected chi connectivity index (χ2v) is 4.01. The Hall–Kier alpha value is -1.09. The van der Waals surface area contributed by atoms with Crippen LogP contribution in [0, 0.1) is 5.82 Å². The number of halogens is 1. The number of hydrogen-bond donors (Lipinski definition) is 0. The molecule has 1 aromatic heterocycles. The van der Waals surface area contributed by atoms with Crippen molar-refractivity contribution >= 4 is 21.4 Å². The molecule has 0 atom stereocenters. The van der Waals surface area contributed by atoms with Gasteiger partial charge in [0.25, 0.3) is 0 Å². The van der Waals surface area contributed by atoms with Gasteiger partial charge in [-0.1, -0.05) is 6.92 Å². The smallest absolute Gasteiger partial charge is 0.135 e. The molecule has 14 heavy (non-hydrogen) atoms. The van der Waals surface area contributed by atoms with Crippen molar-refractivity contribution in [3.63, 3.8) is 0 Å². The topological polar surface area (TPSA) is 9.23 Å². The highest BCUT2D eigenvalue weighted by molar-refractivity contribution is 7.17. The molecule has 1 heterocycles. The van der Waals surface area contributed by atoms with Crippen molar-refractivity contribution < 1.29 is 9.13 Å². The van der Waals surface area contributed by atoms with Crippen LogP contribution in [0.1, 0.15) is 12.5 Å². The number of hydrogen-bond acceptors (Lipinski definition) is 2. The summed E-state index contributed by atoms with van der Waals surface area (Å²) in [6, 6.07) is 3.32. The van der Waals surface area contributed by atoms with Crippen LogP contribution < -0.4 is 4.74 Å². The molecule has 0 unspecified atom stereocenters. The maximum absolute atomic E-state index is 13.6. The summed E-state index contributed by atoms with van der Waals surface area (Å²) in [6.45, 7) is 2.03. The lowest BCUT2D eigenvalue weighted by atomic mass is 10.1. The lowest BCUT2D eigenvalue weighted by Gasteiger charge is -2.01. The van der Waals surface area contributed by atoms with Gasteiger partial charge in [0, 0.05) is 16.2 Å². The van der Waals surface area contributed by atoms with E-state index < -0.39 is 0 Å². The molecule has 0 bridgehead atoms. The normalized spacial score (nSPS) is 10.8. The number of rotatable bonds is 2. The van der Waals surface area contributed by atoms with Gasteiger partial charge < -0.3 is 4.74 Å². The van der Waals surface area contributed by atoms with Crippen LogP contribution in [0.15, 0.2) is 17.5 Å². The minimum Gasteiger partial charge on any atom is -0.497 e. The molecule has 0 aliphatic carbocycles. The fourth-order valence-electron chi connectivity index (χ4n) is 1.53. The van der Waals surface area contributed by atoms with Crippen LogP contribution in [-0.2, 0) is 6.42 Å². The molecule has 0 saturated carbocycles. The summed E-state index contributed by atoms with van der Waals surface area (Å²) in [6.07, 6.45) is 0.864. The molecule has 0 fully saturated rings. The summed E-state index contributed by atoms with van der Waals surface area (Å²) in [4.78, 5) is 0. The first-order chi connectivity index (χ1) is 6.76. The van der Waals surface area contributed by atoms with Crippen molar-refractivity contribution in [3.8, 4) is 5.75 Å². The highest BCUT2D eigenvalue weighted by Gasteiger charge is 2.09. The Bertz CT molecular complexity index is 462. The van der Waals surface area contributed by atoms with Crippen LogP contribution in [0.3, 0.4) is 0 Å². The fraction of sp³-hybridized carbons (Fsp3) is 0.273. The maximum atomic E-state index is 13.6. The highest BCUT2D eigenvalue weighted by Crippen LogP contribution is 2.32. The first-order valence-corrected chi connectivity index (χ1v) is 5.37. The molecule has 0 radical (unpaired) electrons. The summed E-state index contributed by atoms with van der Waals surface area (Å²) in [5.41, 5.74) is 1.07. The molecule has 0 aliphatic rings. The summed E-state index contributed by atoms with van der Waals surface area (Å²) < 4.78 is 19.6. The Morgan fingerprint density at radius 1 is 1.43 bits per heavy atom. The van der Waals surface area contributed by atoms with Crippen molar-refractivity contribution in [3.05, 3.63) is 28.9 Å². The zero-order chi connectivity index (χ0) is 10.1. The van der Waals surface area contributed by atoms with Gasteiger partial charge in [-0.3, -0.25) is 0 Å². The summed E-state index contributed by atoms with van der Waals surface area (Å²) in [5, 5.41) is 2.76. The molecular weight excluding hydrogens is 199 g/mol. The Morgan fingerprint density at radius 3 is 2.86 bits per heavy atom. The molecule has 0 N–H and O–H groups in total. The SMILES string of the molecule is CCc1csc2cc(OC)cc(F)c12. The van der Waals surface area contributed by atoms with E-state index in [-0.39, 0.29) is 5.82 Å². The van der Waals surface area contributed by atoms with Crippen LogP contribution in [0.25, 0.3) is 10.1 Å². The third kappa shape index (κ3) is 1.38. The van der Waals surface area contributed by atoms with Gasteiger partial charge in [-0.15, -0.1) is 11.3 Å². The average Bonchev–Trinajstić information content (AvgIpc) is 2.61. The minimum absolute atomic E-state index is 0.183. The first-order valence-electron chi connectivity index (χ1n) is 4.50. The molecule has 3 heteroatoms. The van der Waals surface area contributed by atoms with Gasteiger partial charge in [0.05, 0.1) is 7.11 Å². The van der Waals surface area contributed by atoms with Gasteiger partial charge in [-0.2, -0.15) is 0 Å². The number of thiophene rings is 1. The van der Waals surface area contributed by atoms with Gasteiger partial charge in [0.2, 0.25) is 0 Å². The second kappa shape index (κ2) is 3.58. The van der Waals surface area contributed by atoms with Gasteiger partial charge in [0.15, 0.2) is 0 Å². The molecule has 1 aromatic carbocycles. The van der Waals surface area contributed by atoms with Gasteiger partial charge in [0.1, 0.15) is 11.6 Å². The van der Waals surface area contributed by atoms with Crippen LogP contribution >= 0.6 is 11.3 Å². The van der Waals surface area contributed by atoms with Crippen molar-refractivity contribution in [1.82, 2.24) is 0 Å². The minimum atomic E-state index is -0.183. The summed E-state index contributed by atoms with van der Waals surface area (Å²) in [5.74, 6) is 0.400. The number of ether oxygens (including phenoxy) is 1. The van der Waals surface area contributed by atoms with Gasteiger partial charge in [-0.25, -0.2) is 4.39 Å². The highest BCUT2D eigenvalue weighted by atomic mass is 32.1. The van der Waals surface area contributed by atoms with E-state index in [1.165, 1.54) is 6.07 Å². The van der Waals surface area contributed by atoms with E-state index in [0.717, 1.165) is 22.1 Å². The Kier molecular flexibility index (Phi) is 2.42. The largest absolute Gasteiger partial charge is 0.497 e. The van der Waals surface area contributed by atoms with E-state index in [9.17, 15) is 4.39 Å². The number of aryl methyl sites for hydroxylation is 1. The van der Waals surface area contributed by atoms with Crippen LogP contribution in [0.5, 0.6) is 5.75 Å². The van der Waals surface area contributed by atoms with E-state index in [0.29, 0.717) is 5.75 Å². The Labute approximate surface area is 86.1 Å². The first kappa shape index (κ1) is 9.46. The average molecular weight is 210 g/mol. The van der Waals surface area contributed by atoms with Crippen molar-refractivity contribution in [2.75, 3.05) is 7.11 Å². The van der Waals surface area contributed by atoms with Crippen molar-refractivity contribution in [2.24, 2.45) is 0 Å². The molecule has 2 rings (SSSR count). The second-order valence-electron chi connectivity index (χ2n) is 3.10. The monoisotopic (exact) mass is 210 g/mol. The Balaban J connectivity index is 2.72. The van der Waals surface area contributed by atoms with E-state index in [4.69, 9.17) is 4.74 Å². The quantitative estimate of drug-likeness (QED) is 0.735.